The fraction of sp³-hybridized carbons (Fsp3) is 0.300. The van der Waals surface area contributed by atoms with Crippen LogP contribution in [0.1, 0.15) is 29.1 Å². The fourth-order valence-corrected chi connectivity index (χ4v) is 3.47. The molecule has 0 bridgehead atoms. The molecule has 3 aromatic heterocycles. The number of rotatable bonds is 3. The molecular weight excluding hydrogens is 326 g/mol. The molecule has 0 aromatic carbocycles. The minimum absolute atomic E-state index is 0.130. The van der Waals surface area contributed by atoms with Gasteiger partial charge in [0.25, 0.3) is 0 Å². The molecule has 0 aliphatic carbocycles. The van der Waals surface area contributed by atoms with Gasteiger partial charge in [-0.05, 0) is 26.0 Å². The van der Waals surface area contributed by atoms with Crippen LogP contribution in [-0.4, -0.2) is 25.7 Å². The molecule has 6 nitrogen and oxygen atoms in total. The number of nitrogens with zero attached hydrogens (tertiary/aromatic N) is 5. The molecular formula is C20H21N5O. The van der Waals surface area contributed by atoms with E-state index < -0.39 is 0 Å². The lowest BCUT2D eigenvalue weighted by Gasteiger charge is -2.29. The number of anilines is 1. The first kappa shape index (κ1) is 16.4. The van der Waals surface area contributed by atoms with Crippen LogP contribution in [0, 0.1) is 13.8 Å². The molecule has 132 valence electrons. The summed E-state index contributed by atoms with van der Waals surface area (Å²) in [7, 11) is 1.93. The predicted molar refractivity (Wildman–Crippen MR) is 99.7 cm³/mol. The van der Waals surface area contributed by atoms with Gasteiger partial charge in [-0.15, -0.1) is 0 Å². The van der Waals surface area contributed by atoms with Crippen molar-refractivity contribution < 1.29 is 4.79 Å². The van der Waals surface area contributed by atoms with Crippen molar-refractivity contribution in [1.82, 2.24) is 19.7 Å². The SMILES string of the molecule is Cc1nn(C)c(C)c1CN1C(=O)CCc2ncc(-c3cccnc3)cc21. The van der Waals surface area contributed by atoms with Crippen molar-refractivity contribution in [2.24, 2.45) is 7.05 Å². The Balaban J connectivity index is 1.76. The average Bonchev–Trinajstić information content (AvgIpc) is 2.90. The van der Waals surface area contributed by atoms with Gasteiger partial charge in [0.2, 0.25) is 5.91 Å². The van der Waals surface area contributed by atoms with Gasteiger partial charge in [-0.2, -0.15) is 5.10 Å². The van der Waals surface area contributed by atoms with Crippen LogP contribution in [0.5, 0.6) is 0 Å². The van der Waals surface area contributed by atoms with Gasteiger partial charge in [-0.1, -0.05) is 6.07 Å². The van der Waals surface area contributed by atoms with Crippen LogP contribution >= 0.6 is 0 Å². The Hall–Kier alpha value is -3.02. The van der Waals surface area contributed by atoms with Crippen LogP contribution in [-0.2, 0) is 24.8 Å². The summed E-state index contributed by atoms with van der Waals surface area (Å²) in [6, 6.07) is 5.96. The van der Waals surface area contributed by atoms with E-state index in [9.17, 15) is 4.79 Å². The second-order valence-corrected chi connectivity index (χ2v) is 6.68. The number of aryl methyl sites for hydroxylation is 3. The van der Waals surface area contributed by atoms with Gasteiger partial charge in [-0.3, -0.25) is 19.4 Å². The lowest BCUT2D eigenvalue weighted by atomic mass is 10.0. The Bertz CT molecular complexity index is 977. The Morgan fingerprint density at radius 2 is 2.00 bits per heavy atom. The smallest absolute Gasteiger partial charge is 0.227 e. The maximum Gasteiger partial charge on any atom is 0.227 e. The number of pyridine rings is 2. The third-order valence-corrected chi connectivity index (χ3v) is 5.08. The van der Waals surface area contributed by atoms with Crippen LogP contribution in [0.2, 0.25) is 0 Å². The largest absolute Gasteiger partial charge is 0.306 e. The highest BCUT2D eigenvalue weighted by Gasteiger charge is 2.27. The van der Waals surface area contributed by atoms with Crippen LogP contribution < -0.4 is 4.90 Å². The number of fused-ring (bicyclic) bond motifs is 1. The third kappa shape index (κ3) is 2.77. The molecule has 0 N–H and O–H groups in total. The Morgan fingerprint density at radius 3 is 2.69 bits per heavy atom. The zero-order chi connectivity index (χ0) is 18.3. The maximum absolute atomic E-state index is 12.7. The van der Waals surface area contributed by atoms with E-state index in [-0.39, 0.29) is 5.91 Å². The molecule has 0 saturated heterocycles. The van der Waals surface area contributed by atoms with E-state index in [2.05, 4.69) is 21.1 Å². The van der Waals surface area contributed by atoms with Crippen molar-refractivity contribution in [1.29, 1.82) is 0 Å². The molecule has 0 fully saturated rings. The van der Waals surface area contributed by atoms with Crippen LogP contribution in [0.25, 0.3) is 11.1 Å². The van der Waals surface area contributed by atoms with E-state index in [0.29, 0.717) is 19.4 Å². The minimum atomic E-state index is 0.130. The number of aromatic nitrogens is 4. The molecule has 6 heteroatoms. The van der Waals surface area contributed by atoms with Crippen LogP contribution in [0.3, 0.4) is 0 Å². The third-order valence-electron chi connectivity index (χ3n) is 5.08. The first-order valence-corrected chi connectivity index (χ1v) is 8.73. The van der Waals surface area contributed by atoms with Crippen molar-refractivity contribution in [2.75, 3.05) is 4.90 Å². The van der Waals surface area contributed by atoms with Crippen molar-refractivity contribution in [3.05, 3.63) is 59.4 Å². The molecule has 0 radical (unpaired) electrons. The predicted octanol–water partition coefficient (Wildman–Crippen LogP) is 2.97. The number of amides is 1. The van der Waals surface area contributed by atoms with E-state index >= 15 is 0 Å². The Kier molecular flexibility index (Phi) is 4.03. The van der Waals surface area contributed by atoms with Crippen molar-refractivity contribution in [3.63, 3.8) is 0 Å². The zero-order valence-electron chi connectivity index (χ0n) is 15.2. The first-order valence-electron chi connectivity index (χ1n) is 8.73. The summed E-state index contributed by atoms with van der Waals surface area (Å²) in [6.45, 7) is 4.55. The second kappa shape index (κ2) is 6.37. The molecule has 1 amide bonds. The summed E-state index contributed by atoms with van der Waals surface area (Å²) in [6.07, 6.45) is 6.60. The second-order valence-electron chi connectivity index (χ2n) is 6.68. The van der Waals surface area contributed by atoms with Gasteiger partial charge in [-0.25, -0.2) is 0 Å². The van der Waals surface area contributed by atoms with Gasteiger partial charge < -0.3 is 4.90 Å². The highest BCUT2D eigenvalue weighted by Crippen LogP contribution is 2.32. The fourth-order valence-electron chi connectivity index (χ4n) is 3.47. The van der Waals surface area contributed by atoms with E-state index in [4.69, 9.17) is 0 Å². The summed E-state index contributed by atoms with van der Waals surface area (Å²) in [5.41, 5.74) is 6.97. The molecule has 0 saturated carbocycles. The quantitative estimate of drug-likeness (QED) is 0.731. The van der Waals surface area contributed by atoms with Crippen molar-refractivity contribution in [2.45, 2.75) is 33.2 Å². The number of carbonyl (C=O) groups is 1. The van der Waals surface area contributed by atoms with Crippen LogP contribution in [0.15, 0.2) is 36.8 Å². The summed E-state index contributed by atoms with van der Waals surface area (Å²) in [4.78, 5) is 23.4. The minimum Gasteiger partial charge on any atom is -0.306 e. The summed E-state index contributed by atoms with van der Waals surface area (Å²) in [5, 5.41) is 4.48. The molecule has 4 rings (SSSR count). The van der Waals surface area contributed by atoms with Gasteiger partial charge >= 0.3 is 0 Å². The number of hydrogen-bond donors (Lipinski definition) is 0. The van der Waals surface area contributed by atoms with Gasteiger partial charge in [0, 0.05) is 60.9 Å². The van der Waals surface area contributed by atoms with Crippen LogP contribution in [0.4, 0.5) is 5.69 Å². The summed E-state index contributed by atoms with van der Waals surface area (Å²) < 4.78 is 1.87. The molecule has 1 aliphatic rings. The summed E-state index contributed by atoms with van der Waals surface area (Å²) >= 11 is 0. The van der Waals surface area contributed by atoms with E-state index in [0.717, 1.165) is 39.5 Å². The highest BCUT2D eigenvalue weighted by molar-refractivity contribution is 5.96. The average molecular weight is 347 g/mol. The monoisotopic (exact) mass is 347 g/mol. The standard InChI is InChI=1S/C20H21N5O/c1-13-17(14(2)24(3)23-13)12-25-19-9-16(15-5-4-8-21-10-15)11-22-18(19)6-7-20(25)26/h4-5,8-11H,6-7,12H2,1-3H3. The number of hydrogen-bond acceptors (Lipinski definition) is 4. The molecule has 1 aliphatic heterocycles. The normalized spacial score (nSPS) is 13.8. The molecule has 0 atom stereocenters. The van der Waals surface area contributed by atoms with E-state index in [1.807, 2.05) is 55.0 Å². The lowest BCUT2D eigenvalue weighted by molar-refractivity contribution is -0.119. The highest BCUT2D eigenvalue weighted by atomic mass is 16.2. The molecule has 26 heavy (non-hydrogen) atoms. The Labute approximate surface area is 152 Å². The van der Waals surface area contributed by atoms with Gasteiger partial charge in [0.15, 0.2) is 0 Å². The van der Waals surface area contributed by atoms with Gasteiger partial charge in [0.05, 0.1) is 23.6 Å². The topological polar surface area (TPSA) is 63.9 Å². The van der Waals surface area contributed by atoms with E-state index in [1.54, 1.807) is 6.20 Å². The molecule has 0 spiro atoms. The molecule has 3 aromatic rings. The number of carbonyl (C=O) groups excluding carboxylic acids is 1. The van der Waals surface area contributed by atoms with Gasteiger partial charge in [0.1, 0.15) is 0 Å². The van der Waals surface area contributed by atoms with E-state index in [1.165, 1.54) is 0 Å². The first-order chi connectivity index (χ1) is 12.5. The van der Waals surface area contributed by atoms with Crippen molar-refractivity contribution >= 4 is 11.6 Å². The summed E-state index contributed by atoms with van der Waals surface area (Å²) in [5.74, 6) is 0.130. The van der Waals surface area contributed by atoms with Crippen molar-refractivity contribution in [3.8, 4) is 11.1 Å². The molecule has 4 heterocycles. The lowest BCUT2D eigenvalue weighted by Crippen LogP contribution is -2.35. The zero-order valence-corrected chi connectivity index (χ0v) is 15.2. The maximum atomic E-state index is 12.7. The molecule has 0 unspecified atom stereocenters. The Morgan fingerprint density at radius 1 is 1.15 bits per heavy atom.